The number of benzene rings is 2. The van der Waals surface area contributed by atoms with Crippen molar-refractivity contribution in [1.29, 1.82) is 0 Å². The fourth-order valence-corrected chi connectivity index (χ4v) is 2.97. The molecule has 0 unspecified atom stereocenters. The summed E-state index contributed by atoms with van der Waals surface area (Å²) in [6.07, 6.45) is 1.66. The minimum Gasteiger partial charge on any atom is -0.485 e. The van der Waals surface area contributed by atoms with Crippen molar-refractivity contribution < 1.29 is 19.4 Å². The number of hydrogen-bond acceptors (Lipinski definition) is 6. The van der Waals surface area contributed by atoms with E-state index in [4.69, 9.17) is 15.6 Å². The summed E-state index contributed by atoms with van der Waals surface area (Å²) < 4.78 is 5.85. The van der Waals surface area contributed by atoms with Gasteiger partial charge in [-0.25, -0.2) is 9.97 Å². The van der Waals surface area contributed by atoms with E-state index in [0.717, 1.165) is 5.56 Å². The molecule has 8 nitrogen and oxygen atoms in total. The lowest BCUT2D eigenvalue weighted by Crippen LogP contribution is -2.32. The summed E-state index contributed by atoms with van der Waals surface area (Å²) in [4.78, 5) is 32.8. The van der Waals surface area contributed by atoms with Gasteiger partial charge in [-0.1, -0.05) is 56.3 Å². The lowest BCUT2D eigenvalue weighted by Gasteiger charge is -2.14. The number of aromatic nitrogens is 2. The zero-order valence-electron chi connectivity index (χ0n) is 18.0. The van der Waals surface area contributed by atoms with Gasteiger partial charge in [0.05, 0.1) is 6.20 Å². The third kappa shape index (κ3) is 6.12. The fourth-order valence-electron chi connectivity index (χ4n) is 2.97. The standard InChI is InChI=1S/C24H26N4O4/c1-15(2)22-26-13-20(32-14-16-7-4-3-5-8-16)21(28-22)23(29)27-18-10-6-9-17(11-18)12-19(25)24(30)31/h3-11,13,15,19H,12,14,25H2,1-2H3,(H,27,29)(H,30,31)/t19-/m0/s1. The molecule has 0 fully saturated rings. The summed E-state index contributed by atoms with van der Waals surface area (Å²) in [5, 5.41) is 11.8. The van der Waals surface area contributed by atoms with E-state index < -0.39 is 17.9 Å². The number of carboxylic acids is 1. The van der Waals surface area contributed by atoms with Crippen LogP contribution in [-0.4, -0.2) is 33.0 Å². The number of carbonyl (C=O) groups excluding carboxylic acids is 1. The molecule has 166 valence electrons. The first kappa shape index (κ1) is 22.9. The molecule has 1 amide bonds. The molecular formula is C24H26N4O4. The maximum Gasteiger partial charge on any atom is 0.320 e. The second-order valence-corrected chi connectivity index (χ2v) is 7.67. The van der Waals surface area contributed by atoms with Gasteiger partial charge < -0.3 is 20.9 Å². The minimum atomic E-state index is -1.08. The SMILES string of the molecule is CC(C)c1ncc(OCc2ccccc2)c(C(=O)Nc2cccc(C[C@H](N)C(=O)O)c2)n1. The monoisotopic (exact) mass is 434 g/mol. The van der Waals surface area contributed by atoms with Gasteiger partial charge in [0.25, 0.3) is 5.91 Å². The molecule has 0 radical (unpaired) electrons. The van der Waals surface area contributed by atoms with E-state index in [2.05, 4.69) is 15.3 Å². The van der Waals surface area contributed by atoms with Gasteiger partial charge >= 0.3 is 5.97 Å². The molecule has 1 heterocycles. The van der Waals surface area contributed by atoms with Crippen LogP contribution in [0.4, 0.5) is 5.69 Å². The average Bonchev–Trinajstić information content (AvgIpc) is 2.78. The second kappa shape index (κ2) is 10.5. The van der Waals surface area contributed by atoms with Gasteiger partial charge in [0.1, 0.15) is 18.5 Å². The molecule has 1 atom stereocenters. The summed E-state index contributed by atoms with van der Waals surface area (Å²) in [5.41, 5.74) is 7.90. The molecule has 0 aliphatic carbocycles. The summed E-state index contributed by atoms with van der Waals surface area (Å²) in [5.74, 6) is -0.687. The Balaban J connectivity index is 1.81. The topological polar surface area (TPSA) is 127 Å². The number of rotatable bonds is 9. The van der Waals surface area contributed by atoms with E-state index >= 15 is 0 Å². The van der Waals surface area contributed by atoms with Crippen molar-refractivity contribution in [3.8, 4) is 5.75 Å². The van der Waals surface area contributed by atoms with Gasteiger partial charge in [-0.3, -0.25) is 9.59 Å². The number of anilines is 1. The molecule has 0 bridgehead atoms. The van der Waals surface area contributed by atoms with Gasteiger partial charge in [-0.2, -0.15) is 0 Å². The Kier molecular flexibility index (Phi) is 7.51. The van der Waals surface area contributed by atoms with Crippen LogP contribution in [0.15, 0.2) is 60.8 Å². The normalized spacial score (nSPS) is 11.8. The van der Waals surface area contributed by atoms with Crippen LogP contribution in [0.3, 0.4) is 0 Å². The lowest BCUT2D eigenvalue weighted by atomic mass is 10.1. The third-order valence-electron chi connectivity index (χ3n) is 4.70. The highest BCUT2D eigenvalue weighted by Gasteiger charge is 2.19. The Morgan fingerprint density at radius 1 is 1.09 bits per heavy atom. The quantitative estimate of drug-likeness (QED) is 0.471. The molecule has 4 N–H and O–H groups in total. The molecule has 0 aliphatic heterocycles. The van der Waals surface area contributed by atoms with Gasteiger partial charge in [0.2, 0.25) is 0 Å². The molecule has 0 saturated carbocycles. The van der Waals surface area contributed by atoms with Gasteiger partial charge in [-0.05, 0) is 29.7 Å². The number of nitrogens with two attached hydrogens (primary N) is 1. The van der Waals surface area contributed by atoms with Crippen molar-refractivity contribution in [2.24, 2.45) is 5.73 Å². The smallest absolute Gasteiger partial charge is 0.320 e. The zero-order valence-corrected chi connectivity index (χ0v) is 18.0. The predicted octanol–water partition coefficient (Wildman–Crippen LogP) is 3.39. The fraction of sp³-hybridized carbons (Fsp3) is 0.250. The van der Waals surface area contributed by atoms with Crippen molar-refractivity contribution in [2.75, 3.05) is 5.32 Å². The number of carbonyl (C=O) groups is 2. The third-order valence-corrected chi connectivity index (χ3v) is 4.70. The minimum absolute atomic E-state index is 0.0329. The number of ether oxygens (including phenoxy) is 1. The van der Waals surface area contributed by atoms with Gasteiger partial charge in [0, 0.05) is 11.6 Å². The van der Waals surface area contributed by atoms with Crippen LogP contribution in [0, 0.1) is 0 Å². The van der Waals surface area contributed by atoms with E-state index in [9.17, 15) is 9.59 Å². The molecule has 3 aromatic rings. The maximum atomic E-state index is 13.1. The Hall–Kier alpha value is -3.78. The first-order valence-corrected chi connectivity index (χ1v) is 10.3. The van der Waals surface area contributed by atoms with Crippen molar-refractivity contribution in [3.05, 3.63) is 83.4 Å². The van der Waals surface area contributed by atoms with Crippen LogP contribution in [0.2, 0.25) is 0 Å². The largest absolute Gasteiger partial charge is 0.485 e. The molecule has 0 saturated heterocycles. The Morgan fingerprint density at radius 2 is 1.81 bits per heavy atom. The molecule has 2 aromatic carbocycles. The molecule has 1 aromatic heterocycles. The molecule has 32 heavy (non-hydrogen) atoms. The predicted molar refractivity (Wildman–Crippen MR) is 121 cm³/mol. The molecular weight excluding hydrogens is 408 g/mol. The molecule has 8 heteroatoms. The first-order chi connectivity index (χ1) is 15.3. The maximum absolute atomic E-state index is 13.1. The number of amides is 1. The van der Waals surface area contributed by atoms with Crippen LogP contribution in [0.25, 0.3) is 0 Å². The van der Waals surface area contributed by atoms with E-state index in [0.29, 0.717) is 17.1 Å². The summed E-state index contributed by atoms with van der Waals surface area (Å²) >= 11 is 0. The van der Waals surface area contributed by atoms with Crippen molar-refractivity contribution in [3.63, 3.8) is 0 Å². The highest BCUT2D eigenvalue weighted by molar-refractivity contribution is 6.04. The number of hydrogen-bond donors (Lipinski definition) is 3. The van der Waals surface area contributed by atoms with E-state index in [1.54, 1.807) is 24.3 Å². The molecule has 0 aliphatic rings. The Bertz CT molecular complexity index is 1090. The van der Waals surface area contributed by atoms with E-state index in [1.165, 1.54) is 6.20 Å². The summed E-state index contributed by atoms with van der Waals surface area (Å²) in [6, 6.07) is 15.5. The number of aliphatic carboxylic acids is 1. The number of nitrogens with one attached hydrogen (secondary N) is 1. The number of nitrogens with zero attached hydrogens (tertiary/aromatic N) is 2. The van der Waals surface area contributed by atoms with Crippen LogP contribution >= 0.6 is 0 Å². The second-order valence-electron chi connectivity index (χ2n) is 7.67. The Morgan fingerprint density at radius 3 is 2.50 bits per heavy atom. The number of carboxylic acid groups (broad SMARTS) is 1. The molecule has 3 rings (SSSR count). The average molecular weight is 434 g/mol. The highest BCUT2D eigenvalue weighted by atomic mass is 16.5. The molecule has 0 spiro atoms. The van der Waals surface area contributed by atoms with Crippen molar-refractivity contribution in [2.45, 2.75) is 38.8 Å². The summed E-state index contributed by atoms with van der Waals surface area (Å²) in [6.45, 7) is 4.15. The van der Waals surface area contributed by atoms with Crippen molar-refractivity contribution >= 4 is 17.6 Å². The zero-order chi connectivity index (χ0) is 23.1. The van der Waals surface area contributed by atoms with Crippen LogP contribution in [0.1, 0.15) is 47.2 Å². The lowest BCUT2D eigenvalue weighted by molar-refractivity contribution is -0.138. The highest BCUT2D eigenvalue weighted by Crippen LogP contribution is 2.22. The van der Waals surface area contributed by atoms with Gasteiger partial charge in [-0.15, -0.1) is 0 Å². The first-order valence-electron chi connectivity index (χ1n) is 10.3. The summed E-state index contributed by atoms with van der Waals surface area (Å²) in [7, 11) is 0. The van der Waals surface area contributed by atoms with Crippen LogP contribution in [0.5, 0.6) is 5.75 Å². The van der Waals surface area contributed by atoms with E-state index in [-0.39, 0.29) is 30.4 Å². The Labute approximate surface area is 186 Å². The van der Waals surface area contributed by atoms with Crippen LogP contribution < -0.4 is 15.8 Å². The van der Waals surface area contributed by atoms with Gasteiger partial charge in [0.15, 0.2) is 11.4 Å². The van der Waals surface area contributed by atoms with Crippen LogP contribution in [-0.2, 0) is 17.8 Å². The van der Waals surface area contributed by atoms with Crippen molar-refractivity contribution in [1.82, 2.24) is 9.97 Å². The van der Waals surface area contributed by atoms with E-state index in [1.807, 2.05) is 44.2 Å².